The molecule has 1 aromatic rings. The smallest absolute Gasteiger partial charge is 0.191 e. The van der Waals surface area contributed by atoms with E-state index in [1.165, 1.54) is 49.7 Å². The van der Waals surface area contributed by atoms with Crippen LogP contribution in [0.25, 0.3) is 0 Å². The molecule has 5 heteroatoms. The molecule has 164 valence electrons. The summed E-state index contributed by atoms with van der Waals surface area (Å²) in [5.74, 6) is 1.72. The highest BCUT2D eigenvalue weighted by atomic mass is 16.5. The van der Waals surface area contributed by atoms with Crippen LogP contribution in [0.1, 0.15) is 56.6 Å². The van der Waals surface area contributed by atoms with Crippen molar-refractivity contribution in [1.82, 2.24) is 15.5 Å². The second kappa shape index (κ2) is 8.51. The fraction of sp³-hybridized carbons (Fsp3) is 0.720. The summed E-state index contributed by atoms with van der Waals surface area (Å²) >= 11 is 0. The lowest BCUT2D eigenvalue weighted by Gasteiger charge is -2.63. The molecule has 2 saturated heterocycles. The number of guanidine groups is 1. The first-order valence-electron chi connectivity index (χ1n) is 12.2. The van der Waals surface area contributed by atoms with E-state index in [0.29, 0.717) is 29.5 Å². The van der Waals surface area contributed by atoms with Crippen LogP contribution in [0.4, 0.5) is 0 Å². The van der Waals surface area contributed by atoms with Crippen molar-refractivity contribution in [2.45, 2.75) is 77.1 Å². The molecule has 1 aromatic carbocycles. The Morgan fingerprint density at radius 1 is 1.17 bits per heavy atom. The molecule has 2 heterocycles. The van der Waals surface area contributed by atoms with E-state index >= 15 is 0 Å². The Labute approximate surface area is 181 Å². The molecule has 5 rings (SSSR count). The number of ether oxygens (including phenoxy) is 1. The molecule has 2 saturated carbocycles. The van der Waals surface area contributed by atoms with Gasteiger partial charge in [-0.1, -0.05) is 30.7 Å². The lowest BCUT2D eigenvalue weighted by molar-refractivity contribution is -0.171. The quantitative estimate of drug-likeness (QED) is 0.576. The van der Waals surface area contributed by atoms with Gasteiger partial charge in [-0.2, -0.15) is 0 Å². The van der Waals surface area contributed by atoms with Crippen molar-refractivity contribution in [2.24, 2.45) is 16.3 Å². The van der Waals surface area contributed by atoms with Crippen molar-refractivity contribution >= 4 is 5.96 Å². The minimum absolute atomic E-state index is 0.397. The van der Waals surface area contributed by atoms with Gasteiger partial charge in [-0.25, -0.2) is 0 Å². The van der Waals surface area contributed by atoms with Crippen LogP contribution in [-0.4, -0.2) is 55.3 Å². The Hall–Kier alpha value is -1.59. The third-order valence-corrected chi connectivity index (χ3v) is 8.23. The van der Waals surface area contributed by atoms with Crippen molar-refractivity contribution in [3.8, 4) is 0 Å². The second-order valence-electron chi connectivity index (χ2n) is 9.90. The average molecular weight is 411 g/mol. The van der Waals surface area contributed by atoms with Crippen LogP contribution in [-0.2, 0) is 11.3 Å². The predicted molar refractivity (Wildman–Crippen MR) is 122 cm³/mol. The highest BCUT2D eigenvalue weighted by Gasteiger charge is 2.66. The van der Waals surface area contributed by atoms with Crippen molar-refractivity contribution in [2.75, 3.05) is 26.2 Å². The molecule has 4 aliphatic rings. The van der Waals surface area contributed by atoms with Gasteiger partial charge in [-0.3, -0.25) is 9.89 Å². The lowest BCUT2D eigenvalue weighted by atomic mass is 9.46. The molecule has 2 aliphatic heterocycles. The monoisotopic (exact) mass is 410 g/mol. The van der Waals surface area contributed by atoms with Gasteiger partial charge in [0.05, 0.1) is 6.10 Å². The number of benzene rings is 1. The maximum absolute atomic E-state index is 6.09. The zero-order valence-electron chi connectivity index (χ0n) is 18.7. The van der Waals surface area contributed by atoms with Gasteiger partial charge in [0, 0.05) is 56.2 Å². The van der Waals surface area contributed by atoms with Gasteiger partial charge < -0.3 is 15.4 Å². The molecule has 30 heavy (non-hydrogen) atoms. The molecule has 4 fully saturated rings. The van der Waals surface area contributed by atoms with Gasteiger partial charge in [-0.05, 0) is 57.1 Å². The van der Waals surface area contributed by atoms with Gasteiger partial charge >= 0.3 is 0 Å². The molecule has 1 spiro atoms. The van der Waals surface area contributed by atoms with Gasteiger partial charge in [0.25, 0.3) is 0 Å². The molecule has 0 radical (unpaired) electrons. The molecule has 2 aliphatic carbocycles. The number of aliphatic imine (C=N–C) groups is 1. The molecular formula is C25H38N4O. The average Bonchev–Trinajstić information content (AvgIpc) is 3.13. The van der Waals surface area contributed by atoms with Crippen molar-refractivity contribution < 1.29 is 4.74 Å². The molecule has 5 nitrogen and oxygen atoms in total. The van der Waals surface area contributed by atoms with Crippen molar-refractivity contribution in [3.05, 3.63) is 35.4 Å². The van der Waals surface area contributed by atoms with Gasteiger partial charge in [0.15, 0.2) is 5.96 Å². The van der Waals surface area contributed by atoms with Crippen molar-refractivity contribution in [1.29, 1.82) is 0 Å². The SMILES string of the molecule is CCN=C(NC1CCN(Cc2ccccc2C)CC1)NC1C2CCOC2C12CCC2. The summed E-state index contributed by atoms with van der Waals surface area (Å²) in [6.45, 7) is 9.50. The Balaban J connectivity index is 1.15. The van der Waals surface area contributed by atoms with Crippen LogP contribution in [0.2, 0.25) is 0 Å². The first-order chi connectivity index (χ1) is 14.7. The van der Waals surface area contributed by atoms with E-state index in [-0.39, 0.29) is 0 Å². The van der Waals surface area contributed by atoms with Gasteiger partial charge in [0.2, 0.25) is 0 Å². The number of nitrogens with zero attached hydrogens (tertiary/aromatic N) is 2. The number of nitrogens with one attached hydrogen (secondary N) is 2. The van der Waals surface area contributed by atoms with Crippen LogP contribution in [0.15, 0.2) is 29.3 Å². The van der Waals surface area contributed by atoms with Crippen LogP contribution >= 0.6 is 0 Å². The van der Waals surface area contributed by atoms with E-state index in [9.17, 15) is 0 Å². The van der Waals surface area contributed by atoms with E-state index in [1.807, 2.05) is 0 Å². The largest absolute Gasteiger partial charge is 0.377 e. The normalized spacial score (nSPS) is 31.1. The fourth-order valence-electron chi connectivity index (χ4n) is 6.35. The molecule has 0 aromatic heterocycles. The van der Waals surface area contributed by atoms with Crippen LogP contribution in [0, 0.1) is 18.3 Å². The maximum Gasteiger partial charge on any atom is 0.191 e. The number of hydrogen-bond donors (Lipinski definition) is 2. The summed E-state index contributed by atoms with van der Waals surface area (Å²) in [4.78, 5) is 7.41. The topological polar surface area (TPSA) is 48.9 Å². The van der Waals surface area contributed by atoms with Crippen LogP contribution < -0.4 is 10.6 Å². The fourth-order valence-corrected chi connectivity index (χ4v) is 6.35. The number of aryl methyl sites for hydroxylation is 1. The summed E-state index contributed by atoms with van der Waals surface area (Å²) in [5, 5.41) is 7.66. The highest BCUT2D eigenvalue weighted by Crippen LogP contribution is 2.62. The van der Waals surface area contributed by atoms with E-state index in [4.69, 9.17) is 9.73 Å². The molecular weight excluding hydrogens is 372 g/mol. The lowest BCUT2D eigenvalue weighted by Crippen LogP contribution is -2.72. The Kier molecular flexibility index (Phi) is 5.76. The Morgan fingerprint density at radius 2 is 1.97 bits per heavy atom. The third-order valence-electron chi connectivity index (χ3n) is 8.23. The second-order valence-corrected chi connectivity index (χ2v) is 9.90. The maximum atomic E-state index is 6.09. The number of piperidine rings is 1. The third kappa shape index (κ3) is 3.64. The Morgan fingerprint density at radius 3 is 2.67 bits per heavy atom. The first kappa shape index (κ1) is 20.3. The summed E-state index contributed by atoms with van der Waals surface area (Å²) < 4.78 is 6.09. The number of fused-ring (bicyclic) bond motifs is 2. The van der Waals surface area contributed by atoms with Gasteiger partial charge in [0.1, 0.15) is 0 Å². The van der Waals surface area contributed by atoms with Crippen LogP contribution in [0.3, 0.4) is 0 Å². The van der Waals surface area contributed by atoms with E-state index in [0.717, 1.165) is 38.7 Å². The minimum Gasteiger partial charge on any atom is -0.377 e. The van der Waals surface area contributed by atoms with Crippen LogP contribution in [0.5, 0.6) is 0 Å². The predicted octanol–water partition coefficient (Wildman–Crippen LogP) is 3.47. The van der Waals surface area contributed by atoms with E-state index in [1.54, 1.807) is 0 Å². The number of rotatable bonds is 5. The number of hydrogen-bond acceptors (Lipinski definition) is 3. The first-order valence-corrected chi connectivity index (χ1v) is 12.2. The molecule has 2 N–H and O–H groups in total. The molecule has 0 bridgehead atoms. The molecule has 3 unspecified atom stereocenters. The van der Waals surface area contributed by atoms with Crippen molar-refractivity contribution in [3.63, 3.8) is 0 Å². The standard InChI is InChI=1S/C25H38N4O/c1-3-26-24(28-22-21-11-16-30-23(21)25(22)12-6-13-25)27-20-9-14-29(15-10-20)17-19-8-5-4-7-18(19)2/h4-5,7-8,20-23H,3,6,9-17H2,1-2H3,(H2,26,27,28). The summed E-state index contributed by atoms with van der Waals surface area (Å²) in [5.41, 5.74) is 3.26. The molecule has 3 atom stereocenters. The zero-order chi connectivity index (χ0) is 20.6. The summed E-state index contributed by atoms with van der Waals surface area (Å²) in [6, 6.07) is 9.85. The summed E-state index contributed by atoms with van der Waals surface area (Å²) in [6.07, 6.45) is 8.09. The van der Waals surface area contributed by atoms with E-state index < -0.39 is 0 Å². The summed E-state index contributed by atoms with van der Waals surface area (Å²) in [7, 11) is 0. The zero-order valence-corrected chi connectivity index (χ0v) is 18.7. The Bertz CT molecular complexity index is 766. The minimum atomic E-state index is 0.397. The van der Waals surface area contributed by atoms with E-state index in [2.05, 4.69) is 53.6 Å². The number of likely N-dealkylation sites (tertiary alicyclic amines) is 1. The van der Waals surface area contributed by atoms with Gasteiger partial charge in [-0.15, -0.1) is 0 Å². The molecule has 0 amide bonds. The highest BCUT2D eigenvalue weighted by molar-refractivity contribution is 5.80.